The zero-order valence-corrected chi connectivity index (χ0v) is 12.2. The van der Waals surface area contributed by atoms with Crippen LogP contribution in [-0.4, -0.2) is 16.3 Å². The molecule has 0 saturated carbocycles. The Labute approximate surface area is 125 Å². The molecule has 0 saturated heterocycles. The number of nitrogens with one attached hydrogen (secondary N) is 1. The molecule has 0 fully saturated rings. The number of hydrogen-bond donors (Lipinski definition) is 1. The van der Waals surface area contributed by atoms with Crippen LogP contribution in [0.15, 0.2) is 66.9 Å². The molecule has 1 heterocycles. The van der Waals surface area contributed by atoms with Crippen LogP contribution < -0.4 is 5.32 Å². The summed E-state index contributed by atoms with van der Waals surface area (Å²) in [6.07, 6.45) is 2.00. The summed E-state index contributed by atoms with van der Waals surface area (Å²) in [6.45, 7) is 3.86. The summed E-state index contributed by atoms with van der Waals surface area (Å²) in [5.74, 6) is 0. The van der Waals surface area contributed by atoms with E-state index >= 15 is 0 Å². The fourth-order valence-corrected chi connectivity index (χ4v) is 2.29. The van der Waals surface area contributed by atoms with Crippen molar-refractivity contribution in [3.8, 4) is 16.8 Å². The highest BCUT2D eigenvalue weighted by molar-refractivity contribution is 5.64. The first-order valence-electron chi connectivity index (χ1n) is 7.28. The van der Waals surface area contributed by atoms with Crippen molar-refractivity contribution in [3.05, 3.63) is 72.6 Å². The molecule has 3 aromatic rings. The van der Waals surface area contributed by atoms with Crippen molar-refractivity contribution >= 4 is 0 Å². The van der Waals surface area contributed by atoms with Gasteiger partial charge in [0, 0.05) is 12.7 Å². The highest BCUT2D eigenvalue weighted by atomic mass is 15.3. The fraction of sp³-hybridized carbons (Fsp3) is 0.167. The summed E-state index contributed by atoms with van der Waals surface area (Å²) in [6, 6.07) is 20.9. The predicted molar refractivity (Wildman–Crippen MR) is 86.4 cm³/mol. The molecule has 21 heavy (non-hydrogen) atoms. The van der Waals surface area contributed by atoms with Crippen molar-refractivity contribution in [1.29, 1.82) is 0 Å². The number of aromatic nitrogens is 2. The van der Waals surface area contributed by atoms with E-state index in [0.29, 0.717) is 0 Å². The van der Waals surface area contributed by atoms with Gasteiger partial charge in [-0.25, -0.2) is 4.68 Å². The highest BCUT2D eigenvalue weighted by Gasteiger charge is 2.02. The molecule has 0 aliphatic carbocycles. The molecule has 0 unspecified atom stereocenters. The SMILES string of the molecule is CCNCc1ccn(-c2ccc(-c3ccccc3)cc2)n1. The first-order chi connectivity index (χ1) is 10.4. The van der Waals surface area contributed by atoms with Crippen LogP contribution in [0.5, 0.6) is 0 Å². The maximum absolute atomic E-state index is 4.57. The zero-order chi connectivity index (χ0) is 14.5. The first-order valence-corrected chi connectivity index (χ1v) is 7.28. The molecule has 0 amide bonds. The van der Waals surface area contributed by atoms with Gasteiger partial charge in [-0.2, -0.15) is 5.10 Å². The highest BCUT2D eigenvalue weighted by Crippen LogP contribution is 2.20. The van der Waals surface area contributed by atoms with Gasteiger partial charge in [0.05, 0.1) is 11.4 Å². The van der Waals surface area contributed by atoms with Gasteiger partial charge in [0.2, 0.25) is 0 Å². The second-order valence-electron chi connectivity index (χ2n) is 4.94. The minimum Gasteiger partial charge on any atom is -0.311 e. The van der Waals surface area contributed by atoms with Crippen LogP contribution in [0.25, 0.3) is 16.8 Å². The third kappa shape index (κ3) is 3.20. The summed E-state index contributed by atoms with van der Waals surface area (Å²) in [7, 11) is 0. The summed E-state index contributed by atoms with van der Waals surface area (Å²) in [5, 5.41) is 7.86. The molecule has 0 bridgehead atoms. The van der Waals surface area contributed by atoms with Gasteiger partial charge in [0.15, 0.2) is 0 Å². The number of nitrogens with zero attached hydrogens (tertiary/aromatic N) is 2. The van der Waals surface area contributed by atoms with E-state index in [4.69, 9.17) is 0 Å². The van der Waals surface area contributed by atoms with Gasteiger partial charge in [-0.3, -0.25) is 0 Å². The van der Waals surface area contributed by atoms with Crippen molar-refractivity contribution in [2.45, 2.75) is 13.5 Å². The van der Waals surface area contributed by atoms with Crippen molar-refractivity contribution in [1.82, 2.24) is 15.1 Å². The molecule has 1 aromatic heterocycles. The lowest BCUT2D eigenvalue weighted by Gasteiger charge is -2.05. The van der Waals surface area contributed by atoms with E-state index in [1.165, 1.54) is 11.1 Å². The minimum absolute atomic E-state index is 0.811. The van der Waals surface area contributed by atoms with Gasteiger partial charge in [0.1, 0.15) is 0 Å². The molecule has 0 aliphatic rings. The van der Waals surface area contributed by atoms with Crippen LogP contribution in [0, 0.1) is 0 Å². The van der Waals surface area contributed by atoms with E-state index in [9.17, 15) is 0 Å². The lowest BCUT2D eigenvalue weighted by molar-refractivity contribution is 0.696. The summed E-state index contributed by atoms with van der Waals surface area (Å²) < 4.78 is 1.92. The van der Waals surface area contributed by atoms with E-state index in [0.717, 1.165) is 24.5 Å². The molecular weight excluding hydrogens is 258 g/mol. The zero-order valence-electron chi connectivity index (χ0n) is 12.2. The van der Waals surface area contributed by atoms with Crippen LogP contribution in [-0.2, 0) is 6.54 Å². The average molecular weight is 277 g/mol. The van der Waals surface area contributed by atoms with E-state index in [1.54, 1.807) is 0 Å². The van der Waals surface area contributed by atoms with Crippen LogP contribution in [0.3, 0.4) is 0 Å². The first kappa shape index (κ1) is 13.6. The molecule has 0 atom stereocenters. The fourth-order valence-electron chi connectivity index (χ4n) is 2.29. The Morgan fingerprint density at radius 1 is 0.905 bits per heavy atom. The molecule has 3 heteroatoms. The molecule has 0 aliphatic heterocycles. The Balaban J connectivity index is 1.79. The van der Waals surface area contributed by atoms with Crippen molar-refractivity contribution in [2.75, 3.05) is 6.54 Å². The predicted octanol–water partition coefficient (Wildman–Crippen LogP) is 3.65. The Bertz CT molecular complexity index is 684. The van der Waals surface area contributed by atoms with Crippen molar-refractivity contribution in [3.63, 3.8) is 0 Å². The molecule has 0 radical (unpaired) electrons. The minimum atomic E-state index is 0.811. The quantitative estimate of drug-likeness (QED) is 0.771. The molecule has 3 nitrogen and oxygen atoms in total. The summed E-state index contributed by atoms with van der Waals surface area (Å²) in [4.78, 5) is 0. The Hall–Kier alpha value is -2.39. The molecule has 2 aromatic carbocycles. The van der Waals surface area contributed by atoms with E-state index in [1.807, 2.05) is 23.0 Å². The monoisotopic (exact) mass is 277 g/mol. The smallest absolute Gasteiger partial charge is 0.0766 e. The average Bonchev–Trinajstić information content (AvgIpc) is 3.03. The van der Waals surface area contributed by atoms with E-state index in [2.05, 4.69) is 65.9 Å². The maximum atomic E-state index is 4.57. The van der Waals surface area contributed by atoms with Gasteiger partial charge in [-0.05, 0) is 35.9 Å². The van der Waals surface area contributed by atoms with E-state index < -0.39 is 0 Å². The van der Waals surface area contributed by atoms with Crippen LogP contribution in [0.4, 0.5) is 0 Å². The third-order valence-electron chi connectivity index (χ3n) is 3.44. The second kappa shape index (κ2) is 6.37. The topological polar surface area (TPSA) is 29.9 Å². The van der Waals surface area contributed by atoms with Gasteiger partial charge in [0.25, 0.3) is 0 Å². The molecule has 106 valence electrons. The lowest BCUT2D eigenvalue weighted by Crippen LogP contribution is -2.12. The number of rotatable bonds is 5. The van der Waals surface area contributed by atoms with Crippen LogP contribution in [0.2, 0.25) is 0 Å². The van der Waals surface area contributed by atoms with Gasteiger partial charge < -0.3 is 5.32 Å². The van der Waals surface area contributed by atoms with E-state index in [-0.39, 0.29) is 0 Å². The Morgan fingerprint density at radius 2 is 1.62 bits per heavy atom. The standard InChI is InChI=1S/C18H19N3/c1-2-19-14-17-12-13-21(20-17)18-10-8-16(9-11-18)15-6-4-3-5-7-15/h3-13,19H,2,14H2,1H3. The van der Waals surface area contributed by atoms with Crippen molar-refractivity contribution in [2.24, 2.45) is 0 Å². The van der Waals surface area contributed by atoms with Crippen LogP contribution >= 0.6 is 0 Å². The Kier molecular flexibility index (Phi) is 4.12. The summed E-state index contributed by atoms with van der Waals surface area (Å²) >= 11 is 0. The summed E-state index contributed by atoms with van der Waals surface area (Å²) in [5.41, 5.74) is 4.60. The van der Waals surface area contributed by atoms with Crippen molar-refractivity contribution < 1.29 is 0 Å². The van der Waals surface area contributed by atoms with Crippen LogP contribution in [0.1, 0.15) is 12.6 Å². The Morgan fingerprint density at radius 3 is 2.33 bits per heavy atom. The molecule has 3 rings (SSSR count). The molecule has 1 N–H and O–H groups in total. The van der Waals surface area contributed by atoms with Gasteiger partial charge in [-0.15, -0.1) is 0 Å². The third-order valence-corrected chi connectivity index (χ3v) is 3.44. The molecule has 0 spiro atoms. The normalized spacial score (nSPS) is 10.7. The number of hydrogen-bond acceptors (Lipinski definition) is 2. The van der Waals surface area contributed by atoms with Gasteiger partial charge >= 0.3 is 0 Å². The molecular formula is C18H19N3. The number of benzene rings is 2. The lowest BCUT2D eigenvalue weighted by atomic mass is 10.1. The largest absolute Gasteiger partial charge is 0.311 e. The second-order valence-corrected chi connectivity index (χ2v) is 4.94. The van der Waals surface area contributed by atoms with Gasteiger partial charge in [-0.1, -0.05) is 49.4 Å². The maximum Gasteiger partial charge on any atom is 0.0766 e.